The average Bonchev–Trinajstić information content (AvgIpc) is 2.76. The van der Waals surface area contributed by atoms with Gasteiger partial charge >= 0.3 is 6.18 Å². The Kier molecular flexibility index (Phi) is 3.81. The van der Waals surface area contributed by atoms with Gasteiger partial charge in [0.25, 0.3) is 0 Å². The van der Waals surface area contributed by atoms with Crippen molar-refractivity contribution < 1.29 is 13.2 Å². The van der Waals surface area contributed by atoms with Crippen LogP contribution in [0.2, 0.25) is 0 Å². The van der Waals surface area contributed by atoms with Gasteiger partial charge in [-0.2, -0.15) is 22.8 Å². The van der Waals surface area contributed by atoms with Crippen LogP contribution in [0.25, 0.3) is 0 Å². The van der Waals surface area contributed by atoms with Crippen molar-refractivity contribution in [2.24, 2.45) is 0 Å². The molecule has 0 aliphatic rings. The van der Waals surface area contributed by atoms with E-state index in [0.29, 0.717) is 10.6 Å². The predicted octanol–water partition coefficient (Wildman–Crippen LogP) is 3.23. The quantitative estimate of drug-likeness (QED) is 0.912. The van der Waals surface area contributed by atoms with E-state index in [2.05, 4.69) is 9.69 Å². The first kappa shape index (κ1) is 14.1. The molecule has 8 heteroatoms. The van der Waals surface area contributed by atoms with Crippen LogP contribution in [0.4, 0.5) is 24.0 Å². The van der Waals surface area contributed by atoms with E-state index in [1.165, 1.54) is 12.1 Å². The smallest absolute Gasteiger partial charge is 0.382 e. The van der Waals surface area contributed by atoms with E-state index in [0.717, 1.165) is 23.7 Å². The number of alkyl halides is 3. The van der Waals surface area contributed by atoms with Crippen LogP contribution in [0, 0.1) is 11.3 Å². The fourth-order valence-electron chi connectivity index (χ4n) is 1.53. The molecule has 0 atom stereocenters. The number of nitriles is 1. The highest BCUT2D eigenvalue weighted by Gasteiger charge is 2.29. The first-order valence-corrected chi connectivity index (χ1v) is 6.24. The Labute approximate surface area is 116 Å². The number of nitrogens with one attached hydrogen (secondary N) is 1. The maximum atomic E-state index is 12.4. The number of benzene rings is 1. The van der Waals surface area contributed by atoms with Crippen molar-refractivity contribution in [1.82, 2.24) is 4.37 Å². The second-order valence-corrected chi connectivity index (χ2v) is 4.71. The zero-order valence-electron chi connectivity index (χ0n) is 10.0. The van der Waals surface area contributed by atoms with Gasteiger partial charge in [-0.3, -0.25) is 0 Å². The molecule has 1 heterocycles. The molecule has 0 spiro atoms. The summed E-state index contributed by atoms with van der Waals surface area (Å²) >= 11 is 1.04. The molecular formula is C12H9F3N4S. The van der Waals surface area contributed by atoms with Gasteiger partial charge in [0.15, 0.2) is 5.82 Å². The lowest BCUT2D eigenvalue weighted by Gasteiger charge is -2.08. The molecule has 20 heavy (non-hydrogen) atoms. The van der Waals surface area contributed by atoms with Crippen molar-refractivity contribution in [3.8, 4) is 6.07 Å². The summed E-state index contributed by atoms with van der Waals surface area (Å²) < 4.78 is 41.0. The van der Waals surface area contributed by atoms with E-state index in [-0.39, 0.29) is 17.9 Å². The number of nitrogens with two attached hydrogens (primary N) is 1. The molecule has 0 saturated heterocycles. The van der Waals surface area contributed by atoms with E-state index in [9.17, 15) is 13.2 Å². The molecule has 104 valence electrons. The highest BCUT2D eigenvalue weighted by molar-refractivity contribution is 7.10. The lowest BCUT2D eigenvalue weighted by Crippen LogP contribution is -2.05. The molecule has 2 rings (SSSR count). The Morgan fingerprint density at radius 3 is 2.50 bits per heavy atom. The molecule has 0 saturated carbocycles. The van der Waals surface area contributed by atoms with Gasteiger partial charge in [-0.1, -0.05) is 12.1 Å². The van der Waals surface area contributed by atoms with Gasteiger partial charge in [-0.25, -0.2) is 0 Å². The Morgan fingerprint density at radius 2 is 1.95 bits per heavy atom. The minimum atomic E-state index is -4.34. The van der Waals surface area contributed by atoms with E-state index in [1.807, 2.05) is 6.07 Å². The fourth-order valence-corrected chi connectivity index (χ4v) is 2.18. The molecule has 0 aliphatic heterocycles. The number of aromatic nitrogens is 1. The summed E-state index contributed by atoms with van der Waals surface area (Å²) in [7, 11) is 0. The third-order valence-corrected chi connectivity index (χ3v) is 3.38. The van der Waals surface area contributed by atoms with Crippen LogP contribution in [0.5, 0.6) is 0 Å². The third kappa shape index (κ3) is 3.00. The van der Waals surface area contributed by atoms with Crippen LogP contribution in [0.15, 0.2) is 24.3 Å². The number of hydrogen-bond donors (Lipinski definition) is 2. The van der Waals surface area contributed by atoms with Crippen molar-refractivity contribution in [3.63, 3.8) is 0 Å². The number of nitrogens with zero attached hydrogens (tertiary/aromatic N) is 2. The molecule has 1 aromatic heterocycles. The number of halogens is 3. The molecule has 0 aliphatic carbocycles. The van der Waals surface area contributed by atoms with Gasteiger partial charge in [0.05, 0.1) is 5.56 Å². The molecule has 3 N–H and O–H groups in total. The number of anilines is 2. The average molecular weight is 298 g/mol. The van der Waals surface area contributed by atoms with Crippen LogP contribution in [-0.4, -0.2) is 4.37 Å². The van der Waals surface area contributed by atoms with Gasteiger partial charge in [-0.05, 0) is 29.2 Å². The summed E-state index contributed by atoms with van der Waals surface area (Å²) in [6.07, 6.45) is -4.34. The van der Waals surface area contributed by atoms with Crippen molar-refractivity contribution in [3.05, 3.63) is 41.0 Å². The first-order valence-electron chi connectivity index (χ1n) is 5.47. The highest BCUT2D eigenvalue weighted by atomic mass is 32.1. The summed E-state index contributed by atoms with van der Waals surface area (Å²) in [5, 5.41) is 12.3. The minimum Gasteiger partial charge on any atom is -0.382 e. The first-order chi connectivity index (χ1) is 9.41. The van der Waals surface area contributed by atoms with Crippen molar-refractivity contribution in [1.29, 1.82) is 5.26 Å². The van der Waals surface area contributed by atoms with Gasteiger partial charge in [0, 0.05) is 6.54 Å². The second kappa shape index (κ2) is 5.38. The summed E-state index contributed by atoms with van der Waals surface area (Å²) in [5.41, 5.74) is 5.72. The van der Waals surface area contributed by atoms with E-state index >= 15 is 0 Å². The highest BCUT2D eigenvalue weighted by Crippen LogP contribution is 2.29. The van der Waals surface area contributed by atoms with Crippen molar-refractivity contribution >= 4 is 22.4 Å². The van der Waals surface area contributed by atoms with Gasteiger partial charge < -0.3 is 11.1 Å². The molecule has 0 radical (unpaired) electrons. The summed E-state index contributed by atoms with van der Waals surface area (Å²) in [5.74, 6) is 0.146. The maximum absolute atomic E-state index is 12.4. The van der Waals surface area contributed by atoms with Gasteiger partial charge in [0.2, 0.25) is 0 Å². The molecule has 0 unspecified atom stereocenters. The molecular weight excluding hydrogens is 289 g/mol. The lowest BCUT2D eigenvalue weighted by atomic mass is 10.1. The fraction of sp³-hybridized carbons (Fsp3) is 0.167. The van der Waals surface area contributed by atoms with E-state index in [1.54, 1.807) is 0 Å². The molecule has 1 aromatic carbocycles. The molecule has 0 bridgehead atoms. The van der Waals surface area contributed by atoms with Gasteiger partial charge in [-0.15, -0.1) is 0 Å². The van der Waals surface area contributed by atoms with Crippen LogP contribution in [-0.2, 0) is 12.7 Å². The zero-order chi connectivity index (χ0) is 14.8. The lowest BCUT2D eigenvalue weighted by molar-refractivity contribution is -0.137. The molecule has 0 amide bonds. The minimum absolute atomic E-state index is 0.146. The predicted molar refractivity (Wildman–Crippen MR) is 70.0 cm³/mol. The topological polar surface area (TPSA) is 74.7 Å². The number of hydrogen-bond acceptors (Lipinski definition) is 5. The summed E-state index contributed by atoms with van der Waals surface area (Å²) in [4.78, 5) is 0. The Hall–Kier alpha value is -2.27. The molecule has 2 aromatic rings. The van der Waals surface area contributed by atoms with E-state index < -0.39 is 11.7 Å². The maximum Gasteiger partial charge on any atom is 0.416 e. The van der Waals surface area contributed by atoms with Crippen LogP contribution in [0.1, 0.15) is 16.7 Å². The van der Waals surface area contributed by atoms with Gasteiger partial charge in [0.1, 0.15) is 16.6 Å². The number of nitrogen functional groups attached to an aromatic ring is 1. The normalized spacial score (nSPS) is 11.1. The van der Waals surface area contributed by atoms with Crippen LogP contribution >= 0.6 is 11.5 Å². The third-order valence-electron chi connectivity index (χ3n) is 2.56. The van der Waals surface area contributed by atoms with Crippen LogP contribution < -0.4 is 11.1 Å². The largest absolute Gasteiger partial charge is 0.416 e. The van der Waals surface area contributed by atoms with Crippen molar-refractivity contribution in [2.75, 3.05) is 11.1 Å². The van der Waals surface area contributed by atoms with E-state index in [4.69, 9.17) is 11.0 Å². The standard InChI is InChI=1S/C12H9F3N4S/c13-12(14,15)8-3-1-7(2-4-8)6-18-11-9(5-16)10(17)19-20-11/h1-4,18H,6H2,(H2,17,19). The SMILES string of the molecule is N#Cc1c(N)nsc1NCc1ccc(C(F)(F)F)cc1. The zero-order valence-corrected chi connectivity index (χ0v) is 10.8. The summed E-state index contributed by atoms with van der Waals surface area (Å²) in [6, 6.07) is 6.72. The monoisotopic (exact) mass is 298 g/mol. The Morgan fingerprint density at radius 1 is 1.30 bits per heavy atom. The Bertz CT molecular complexity index is 640. The second-order valence-electron chi connectivity index (χ2n) is 3.93. The number of rotatable bonds is 3. The molecule has 0 fully saturated rings. The molecule has 4 nitrogen and oxygen atoms in total. The summed E-state index contributed by atoms with van der Waals surface area (Å²) in [6.45, 7) is 0.286. The van der Waals surface area contributed by atoms with Crippen molar-refractivity contribution in [2.45, 2.75) is 12.7 Å². The van der Waals surface area contributed by atoms with Crippen LogP contribution in [0.3, 0.4) is 0 Å². The Balaban J connectivity index is 2.06.